The van der Waals surface area contributed by atoms with Crippen LogP contribution in [0.2, 0.25) is 0 Å². The van der Waals surface area contributed by atoms with E-state index in [1.54, 1.807) is 6.07 Å². The van der Waals surface area contributed by atoms with Gasteiger partial charge in [-0.3, -0.25) is 0 Å². The van der Waals surface area contributed by atoms with Gasteiger partial charge >= 0.3 is 0 Å². The minimum Gasteiger partial charge on any atom is -0.207 e. The van der Waals surface area contributed by atoms with E-state index in [1.807, 2.05) is 0 Å². The normalized spacial score (nSPS) is 11.7. The van der Waals surface area contributed by atoms with Gasteiger partial charge in [0.15, 0.2) is 0 Å². The number of benzene rings is 1. The molecule has 0 amide bonds. The Bertz CT molecular complexity index is 443. The monoisotopic (exact) mass is 410 g/mol. The molecule has 13 heavy (non-hydrogen) atoms. The molecule has 1 aromatic rings. The van der Waals surface area contributed by atoms with E-state index in [4.69, 9.17) is 10.7 Å². The van der Waals surface area contributed by atoms with Crippen LogP contribution in [0.15, 0.2) is 30.4 Å². The van der Waals surface area contributed by atoms with Crippen LogP contribution in [-0.4, -0.2) is 8.42 Å². The van der Waals surface area contributed by atoms with Crippen LogP contribution in [-0.2, 0) is 9.05 Å². The van der Waals surface area contributed by atoms with Crippen molar-refractivity contribution in [2.24, 2.45) is 0 Å². The molecule has 0 fully saturated rings. The van der Waals surface area contributed by atoms with Crippen molar-refractivity contribution >= 4 is 67.5 Å². The standard InChI is InChI=1S/C6H2Br3ClO2S/c7-3-1-2-4(13(10,11)12)6(9)5(3)8/h1-2H. The molecule has 0 N–H and O–H groups in total. The first-order valence-corrected chi connectivity index (χ1v) is 7.61. The highest BCUT2D eigenvalue weighted by Gasteiger charge is 2.17. The van der Waals surface area contributed by atoms with E-state index >= 15 is 0 Å². The van der Waals surface area contributed by atoms with Gasteiger partial charge in [0.1, 0.15) is 0 Å². The number of hydrogen-bond acceptors (Lipinski definition) is 2. The van der Waals surface area contributed by atoms with E-state index in [9.17, 15) is 8.42 Å². The maximum absolute atomic E-state index is 11.0. The van der Waals surface area contributed by atoms with E-state index in [1.165, 1.54) is 6.07 Å². The Kier molecular flexibility index (Phi) is 3.85. The predicted octanol–water partition coefficient (Wildman–Crippen LogP) is 3.90. The molecule has 7 heteroatoms. The van der Waals surface area contributed by atoms with Crippen LogP contribution >= 0.6 is 58.5 Å². The molecule has 0 unspecified atom stereocenters. The first-order valence-electron chi connectivity index (χ1n) is 2.92. The summed E-state index contributed by atoms with van der Waals surface area (Å²) in [7, 11) is 1.50. The highest BCUT2D eigenvalue weighted by atomic mass is 79.9. The van der Waals surface area contributed by atoms with Crippen LogP contribution in [0.25, 0.3) is 0 Å². The van der Waals surface area contributed by atoms with Crippen molar-refractivity contribution < 1.29 is 8.42 Å². The van der Waals surface area contributed by atoms with E-state index in [0.29, 0.717) is 8.95 Å². The maximum Gasteiger partial charge on any atom is 0.262 e. The van der Waals surface area contributed by atoms with Crippen LogP contribution in [0.1, 0.15) is 0 Å². The third-order valence-corrected chi connectivity index (χ3v) is 6.26. The van der Waals surface area contributed by atoms with Gasteiger partial charge in [0.2, 0.25) is 0 Å². The molecule has 2 nitrogen and oxygen atoms in total. The van der Waals surface area contributed by atoms with Gasteiger partial charge in [0.05, 0.1) is 9.37 Å². The molecule has 0 radical (unpaired) electrons. The van der Waals surface area contributed by atoms with Crippen molar-refractivity contribution in [3.63, 3.8) is 0 Å². The Balaban J connectivity index is 3.53. The lowest BCUT2D eigenvalue weighted by Gasteiger charge is -2.03. The first kappa shape index (κ1) is 12.0. The van der Waals surface area contributed by atoms with Crippen LogP contribution in [0.5, 0.6) is 0 Å². The molecule has 0 aliphatic heterocycles. The number of hydrogen-bond donors (Lipinski definition) is 0. The number of halogens is 4. The molecule has 0 aliphatic carbocycles. The third kappa shape index (κ3) is 2.68. The first-order chi connectivity index (χ1) is 5.84. The highest BCUT2D eigenvalue weighted by molar-refractivity contribution is 9.14. The quantitative estimate of drug-likeness (QED) is 0.517. The van der Waals surface area contributed by atoms with Crippen LogP contribution < -0.4 is 0 Å². The summed E-state index contributed by atoms with van der Waals surface area (Å²) in [5.74, 6) is 0. The highest BCUT2D eigenvalue weighted by Crippen LogP contribution is 2.36. The van der Waals surface area contributed by atoms with Crippen molar-refractivity contribution in [2.45, 2.75) is 4.90 Å². The molecule has 0 heterocycles. The lowest BCUT2D eigenvalue weighted by Crippen LogP contribution is -1.92. The molecule has 0 bridgehead atoms. The Labute approximate surface area is 105 Å². The Morgan fingerprint density at radius 3 is 2.08 bits per heavy atom. The lowest BCUT2D eigenvalue weighted by atomic mass is 10.4. The second kappa shape index (κ2) is 4.18. The molecule has 0 saturated heterocycles. The fourth-order valence-electron chi connectivity index (χ4n) is 0.696. The molecular formula is C6H2Br3ClO2S. The van der Waals surface area contributed by atoms with Gasteiger partial charge in [0.25, 0.3) is 9.05 Å². The molecule has 1 aromatic carbocycles. The second-order valence-electron chi connectivity index (χ2n) is 2.11. The van der Waals surface area contributed by atoms with Gasteiger partial charge in [-0.05, 0) is 59.9 Å². The fourth-order valence-corrected chi connectivity index (χ4v) is 3.97. The average Bonchev–Trinajstić information content (AvgIpc) is 1.98. The fraction of sp³-hybridized carbons (Fsp3) is 0. The van der Waals surface area contributed by atoms with E-state index in [0.717, 1.165) is 4.47 Å². The van der Waals surface area contributed by atoms with Crippen LogP contribution in [0.3, 0.4) is 0 Å². The van der Waals surface area contributed by atoms with E-state index in [2.05, 4.69) is 47.8 Å². The smallest absolute Gasteiger partial charge is 0.207 e. The summed E-state index contributed by atoms with van der Waals surface area (Å²) in [6, 6.07) is 3.02. The zero-order valence-corrected chi connectivity index (χ0v) is 12.2. The van der Waals surface area contributed by atoms with Gasteiger partial charge in [-0.2, -0.15) is 0 Å². The van der Waals surface area contributed by atoms with E-state index < -0.39 is 9.05 Å². The molecule has 0 spiro atoms. The molecule has 72 valence electrons. The number of rotatable bonds is 1. The molecule has 1 rings (SSSR count). The third-order valence-electron chi connectivity index (χ3n) is 1.26. The minimum atomic E-state index is -3.70. The van der Waals surface area contributed by atoms with Gasteiger partial charge in [0, 0.05) is 19.6 Å². The predicted molar refractivity (Wildman–Crippen MR) is 62.6 cm³/mol. The summed E-state index contributed by atoms with van der Waals surface area (Å²) in [6.07, 6.45) is 0. The van der Waals surface area contributed by atoms with Crippen LogP contribution in [0.4, 0.5) is 0 Å². The summed E-state index contributed by atoms with van der Waals surface area (Å²) < 4.78 is 23.8. The molecule has 0 atom stereocenters. The van der Waals surface area contributed by atoms with Crippen molar-refractivity contribution in [1.82, 2.24) is 0 Å². The largest absolute Gasteiger partial charge is 0.262 e. The van der Waals surface area contributed by atoms with Crippen molar-refractivity contribution in [3.05, 3.63) is 25.6 Å². The average molecular weight is 413 g/mol. The summed E-state index contributed by atoms with van der Waals surface area (Å²) in [6.45, 7) is 0. The van der Waals surface area contributed by atoms with E-state index in [-0.39, 0.29) is 4.90 Å². The van der Waals surface area contributed by atoms with Gasteiger partial charge < -0.3 is 0 Å². The van der Waals surface area contributed by atoms with Gasteiger partial charge in [-0.1, -0.05) is 0 Å². The minimum absolute atomic E-state index is 0.0456. The molecule has 0 saturated carbocycles. The summed E-state index contributed by atoms with van der Waals surface area (Å²) in [4.78, 5) is 0.0456. The molecule has 0 aromatic heterocycles. The Morgan fingerprint density at radius 1 is 1.08 bits per heavy atom. The Hall–Kier alpha value is 0.900. The second-order valence-corrected chi connectivity index (χ2v) is 7.09. The zero-order chi connectivity index (χ0) is 10.2. The van der Waals surface area contributed by atoms with Crippen molar-refractivity contribution in [3.8, 4) is 0 Å². The zero-order valence-electron chi connectivity index (χ0n) is 5.89. The lowest BCUT2D eigenvalue weighted by molar-refractivity contribution is 0.609. The molecular weight excluding hydrogens is 411 g/mol. The van der Waals surface area contributed by atoms with Crippen molar-refractivity contribution in [2.75, 3.05) is 0 Å². The summed E-state index contributed by atoms with van der Waals surface area (Å²) >= 11 is 9.56. The molecule has 0 aliphatic rings. The summed E-state index contributed by atoms with van der Waals surface area (Å²) in [5.41, 5.74) is 0. The Morgan fingerprint density at radius 2 is 1.62 bits per heavy atom. The van der Waals surface area contributed by atoms with Crippen molar-refractivity contribution in [1.29, 1.82) is 0 Å². The van der Waals surface area contributed by atoms with Gasteiger partial charge in [-0.25, -0.2) is 8.42 Å². The summed E-state index contributed by atoms with van der Waals surface area (Å²) in [5, 5.41) is 0. The SMILES string of the molecule is O=S(=O)(Cl)c1ccc(Br)c(Br)c1Br. The van der Waals surface area contributed by atoms with Crippen LogP contribution in [0, 0.1) is 0 Å². The maximum atomic E-state index is 11.0. The van der Waals surface area contributed by atoms with Gasteiger partial charge in [-0.15, -0.1) is 0 Å². The topological polar surface area (TPSA) is 34.1 Å².